The summed E-state index contributed by atoms with van der Waals surface area (Å²) >= 11 is 4.37. The van der Waals surface area contributed by atoms with E-state index in [1.807, 2.05) is 30.3 Å². The molecule has 2 fully saturated rings. The predicted octanol–water partition coefficient (Wildman–Crippen LogP) is 1.11. The van der Waals surface area contributed by atoms with Gasteiger partial charge in [-0.25, -0.2) is 0 Å². The number of carboxylic acid groups (broad SMARTS) is 1. The van der Waals surface area contributed by atoms with Crippen LogP contribution in [-0.4, -0.2) is 51.7 Å². The van der Waals surface area contributed by atoms with Gasteiger partial charge in [-0.1, -0.05) is 30.3 Å². The maximum Gasteiger partial charge on any atom is 0.323 e. The Morgan fingerprint density at radius 3 is 2.68 bits per heavy atom. The molecule has 1 aliphatic carbocycles. The van der Waals surface area contributed by atoms with Crippen LogP contribution >= 0.6 is 12.6 Å². The van der Waals surface area contributed by atoms with E-state index < -0.39 is 17.3 Å². The van der Waals surface area contributed by atoms with Crippen molar-refractivity contribution in [2.75, 3.05) is 6.54 Å². The van der Waals surface area contributed by atoms with Gasteiger partial charge in [-0.3, -0.25) is 14.4 Å². The Balaban J connectivity index is 1.61. The lowest BCUT2D eigenvalue weighted by atomic mass is 10.1. The minimum absolute atomic E-state index is 0.0154. The number of rotatable bonds is 6. The standard InChI is InChI=1S/C18H22N2O4S/c21-16(22)10-20-14-9-12(14)6-7-13(18(20)24)19-17(23)15(25)8-11-4-2-1-3-5-11/h1-5,12-15,25H,6-10H2,(H,19,23)(H,21,22)/t12-,13+,14+,15+/m0/s1. The first-order chi connectivity index (χ1) is 12.0. The first-order valence-corrected chi connectivity index (χ1v) is 9.02. The van der Waals surface area contributed by atoms with Crippen LogP contribution in [0.5, 0.6) is 0 Å². The number of nitrogens with one attached hydrogen (secondary N) is 1. The van der Waals surface area contributed by atoms with Crippen molar-refractivity contribution in [1.29, 1.82) is 0 Å². The van der Waals surface area contributed by atoms with E-state index in [0.29, 0.717) is 18.8 Å². The van der Waals surface area contributed by atoms with Gasteiger partial charge < -0.3 is 15.3 Å². The van der Waals surface area contributed by atoms with Crippen LogP contribution in [0.3, 0.4) is 0 Å². The molecule has 1 saturated carbocycles. The number of amides is 2. The van der Waals surface area contributed by atoms with Gasteiger partial charge in [-0.15, -0.1) is 0 Å². The molecule has 0 aromatic heterocycles. The molecular weight excluding hydrogens is 340 g/mol. The molecule has 4 atom stereocenters. The van der Waals surface area contributed by atoms with Crippen molar-refractivity contribution in [2.45, 2.75) is 43.0 Å². The van der Waals surface area contributed by atoms with E-state index in [-0.39, 0.29) is 24.4 Å². The molecule has 2 N–H and O–H groups in total. The summed E-state index contributed by atoms with van der Waals surface area (Å²) in [6, 6.07) is 8.91. The maximum atomic E-state index is 12.7. The van der Waals surface area contributed by atoms with Gasteiger partial charge >= 0.3 is 5.97 Å². The minimum atomic E-state index is -1.03. The van der Waals surface area contributed by atoms with Gasteiger partial charge in [0, 0.05) is 6.04 Å². The van der Waals surface area contributed by atoms with E-state index in [2.05, 4.69) is 17.9 Å². The van der Waals surface area contributed by atoms with Crippen LogP contribution in [0.25, 0.3) is 0 Å². The van der Waals surface area contributed by atoms with Gasteiger partial charge in [-0.05, 0) is 37.2 Å². The van der Waals surface area contributed by atoms with E-state index in [4.69, 9.17) is 5.11 Å². The summed E-state index contributed by atoms with van der Waals surface area (Å²) in [7, 11) is 0. The highest BCUT2D eigenvalue weighted by Crippen LogP contribution is 2.42. The van der Waals surface area contributed by atoms with Gasteiger partial charge in [0.15, 0.2) is 0 Å². The lowest BCUT2D eigenvalue weighted by Gasteiger charge is -2.25. The molecule has 0 bridgehead atoms. The van der Waals surface area contributed by atoms with Gasteiger partial charge in [0.25, 0.3) is 0 Å². The van der Waals surface area contributed by atoms with E-state index in [0.717, 1.165) is 18.4 Å². The largest absolute Gasteiger partial charge is 0.480 e. The van der Waals surface area contributed by atoms with Crippen LogP contribution in [0.15, 0.2) is 30.3 Å². The number of carboxylic acids is 1. The van der Waals surface area contributed by atoms with Crippen LogP contribution < -0.4 is 5.32 Å². The number of likely N-dealkylation sites (tertiary alicyclic amines) is 1. The molecule has 6 nitrogen and oxygen atoms in total. The Kier molecular flexibility index (Phi) is 5.32. The lowest BCUT2D eigenvalue weighted by molar-refractivity contribution is -0.146. The summed E-state index contributed by atoms with van der Waals surface area (Å²) in [4.78, 5) is 37.5. The third kappa shape index (κ3) is 4.34. The third-order valence-electron chi connectivity index (χ3n) is 4.89. The Labute approximate surface area is 152 Å². The summed E-state index contributed by atoms with van der Waals surface area (Å²) in [6.45, 7) is -0.305. The minimum Gasteiger partial charge on any atom is -0.480 e. The average molecular weight is 362 g/mol. The highest BCUT2D eigenvalue weighted by molar-refractivity contribution is 7.81. The summed E-state index contributed by atoms with van der Waals surface area (Å²) in [6.07, 6.45) is 2.71. The van der Waals surface area contributed by atoms with E-state index in [1.165, 1.54) is 4.90 Å². The molecule has 1 aromatic rings. The molecule has 0 radical (unpaired) electrons. The summed E-state index contributed by atoms with van der Waals surface area (Å²) in [5.74, 6) is -1.25. The molecule has 2 aliphatic rings. The second-order valence-electron chi connectivity index (χ2n) is 6.77. The molecule has 1 aliphatic heterocycles. The Morgan fingerprint density at radius 2 is 2.00 bits per heavy atom. The van der Waals surface area contributed by atoms with Crippen molar-refractivity contribution in [3.63, 3.8) is 0 Å². The molecule has 0 unspecified atom stereocenters. The number of nitrogens with zero attached hydrogens (tertiary/aromatic N) is 1. The van der Waals surface area contributed by atoms with Gasteiger partial charge in [0.2, 0.25) is 11.8 Å². The fourth-order valence-corrected chi connectivity index (χ4v) is 3.75. The number of carbonyl (C=O) groups excluding carboxylic acids is 2. The predicted molar refractivity (Wildman–Crippen MR) is 95.3 cm³/mol. The topological polar surface area (TPSA) is 86.7 Å². The van der Waals surface area contributed by atoms with Gasteiger partial charge in [0.1, 0.15) is 12.6 Å². The van der Waals surface area contributed by atoms with Crippen LogP contribution in [0.4, 0.5) is 0 Å². The number of thiol groups is 1. The average Bonchev–Trinajstić information content (AvgIpc) is 3.36. The van der Waals surface area contributed by atoms with Crippen molar-refractivity contribution in [2.24, 2.45) is 5.92 Å². The second-order valence-corrected chi connectivity index (χ2v) is 7.39. The van der Waals surface area contributed by atoms with Gasteiger partial charge in [-0.2, -0.15) is 12.6 Å². The maximum absolute atomic E-state index is 12.7. The lowest BCUT2D eigenvalue weighted by Crippen LogP contribution is -2.51. The zero-order valence-corrected chi connectivity index (χ0v) is 14.7. The fourth-order valence-electron chi connectivity index (χ4n) is 3.46. The van der Waals surface area contributed by atoms with E-state index in [9.17, 15) is 14.4 Å². The van der Waals surface area contributed by atoms with Crippen LogP contribution in [-0.2, 0) is 20.8 Å². The van der Waals surface area contributed by atoms with Gasteiger partial charge in [0.05, 0.1) is 5.25 Å². The number of benzene rings is 1. The molecule has 1 aromatic carbocycles. The number of fused-ring (bicyclic) bond motifs is 1. The Morgan fingerprint density at radius 1 is 1.28 bits per heavy atom. The fraction of sp³-hybridized carbons (Fsp3) is 0.500. The smallest absolute Gasteiger partial charge is 0.323 e. The number of aliphatic carboxylic acids is 1. The second kappa shape index (κ2) is 7.47. The summed E-state index contributed by atoms with van der Waals surface area (Å²) < 4.78 is 0. The normalized spacial score (nSPS) is 26.4. The first kappa shape index (κ1) is 17.8. The molecular formula is C18H22N2O4S. The van der Waals surface area contributed by atoms with Crippen molar-refractivity contribution in [1.82, 2.24) is 10.2 Å². The molecule has 7 heteroatoms. The molecule has 1 heterocycles. The molecule has 1 saturated heterocycles. The van der Waals surface area contributed by atoms with E-state index in [1.54, 1.807) is 0 Å². The third-order valence-corrected chi connectivity index (χ3v) is 5.31. The van der Waals surface area contributed by atoms with Crippen molar-refractivity contribution < 1.29 is 19.5 Å². The zero-order valence-electron chi connectivity index (χ0n) is 13.8. The van der Waals surface area contributed by atoms with Crippen LogP contribution in [0, 0.1) is 5.92 Å². The molecule has 0 spiro atoms. The quantitative estimate of drug-likeness (QED) is 0.662. The SMILES string of the molecule is O=C(O)CN1C(=O)[C@H](NC(=O)[C@H](S)Cc2ccccc2)CC[C@H]2C[C@H]21. The molecule has 3 rings (SSSR count). The van der Waals surface area contributed by atoms with Crippen molar-refractivity contribution >= 4 is 30.4 Å². The first-order valence-electron chi connectivity index (χ1n) is 8.50. The van der Waals surface area contributed by atoms with Crippen molar-refractivity contribution in [3.8, 4) is 0 Å². The van der Waals surface area contributed by atoms with Crippen LogP contribution in [0.2, 0.25) is 0 Å². The highest BCUT2D eigenvalue weighted by atomic mass is 32.1. The van der Waals surface area contributed by atoms with Crippen molar-refractivity contribution in [3.05, 3.63) is 35.9 Å². The molecule has 25 heavy (non-hydrogen) atoms. The highest BCUT2D eigenvalue weighted by Gasteiger charge is 2.48. The Bertz CT molecular complexity index is 666. The van der Waals surface area contributed by atoms with E-state index >= 15 is 0 Å². The monoisotopic (exact) mass is 362 g/mol. The van der Waals surface area contributed by atoms with Crippen LogP contribution in [0.1, 0.15) is 24.8 Å². The zero-order chi connectivity index (χ0) is 18.0. The summed E-state index contributed by atoms with van der Waals surface area (Å²) in [5, 5.41) is 11.3. The number of hydrogen-bond acceptors (Lipinski definition) is 4. The molecule has 2 amide bonds. The number of carbonyl (C=O) groups is 3. The Hall–Kier alpha value is -2.02. The molecule has 134 valence electrons. The number of hydrogen-bond donors (Lipinski definition) is 3. The summed E-state index contributed by atoms with van der Waals surface area (Å²) in [5.41, 5.74) is 0.999.